The zero-order chi connectivity index (χ0) is 18.9. The quantitative estimate of drug-likeness (QED) is 0.729. The van der Waals surface area contributed by atoms with Gasteiger partial charge in [0, 0.05) is 23.5 Å². The lowest BCUT2D eigenvalue weighted by Gasteiger charge is -2.38. The van der Waals surface area contributed by atoms with Crippen LogP contribution in [0.4, 0.5) is 0 Å². The molecule has 0 saturated carbocycles. The number of amides is 1. The van der Waals surface area contributed by atoms with Gasteiger partial charge in [0.2, 0.25) is 0 Å². The van der Waals surface area contributed by atoms with Crippen LogP contribution < -0.4 is 11.1 Å². The smallest absolute Gasteiger partial charge is 0.250 e. The van der Waals surface area contributed by atoms with Crippen LogP contribution >= 0.6 is 0 Å². The molecule has 0 spiro atoms. The van der Waals surface area contributed by atoms with Crippen LogP contribution in [-0.2, 0) is 5.41 Å². The minimum absolute atomic E-state index is 0.236. The van der Waals surface area contributed by atoms with Crippen molar-refractivity contribution in [2.75, 3.05) is 13.1 Å². The zero-order valence-corrected chi connectivity index (χ0v) is 15.7. The van der Waals surface area contributed by atoms with E-state index in [2.05, 4.69) is 41.6 Å². The van der Waals surface area contributed by atoms with E-state index in [1.807, 2.05) is 23.0 Å². The van der Waals surface area contributed by atoms with Crippen molar-refractivity contribution in [3.63, 3.8) is 0 Å². The Kier molecular flexibility index (Phi) is 4.70. The Hall–Kier alpha value is -2.66. The molecule has 5 nitrogen and oxygen atoms in total. The molecule has 1 fully saturated rings. The molecule has 1 aromatic heterocycles. The molecule has 27 heavy (non-hydrogen) atoms. The fourth-order valence-corrected chi connectivity index (χ4v) is 4.39. The van der Waals surface area contributed by atoms with Crippen molar-refractivity contribution in [3.05, 3.63) is 59.8 Å². The second-order valence-electron chi connectivity index (χ2n) is 7.54. The number of nitrogens with one attached hydrogen (secondary N) is 1. The second kappa shape index (κ2) is 7.16. The summed E-state index contributed by atoms with van der Waals surface area (Å²) in [6.45, 7) is 4.43. The van der Waals surface area contributed by atoms with E-state index in [-0.39, 0.29) is 5.41 Å². The molecule has 1 saturated heterocycles. The van der Waals surface area contributed by atoms with Crippen molar-refractivity contribution in [3.8, 4) is 5.69 Å². The number of aromatic nitrogens is 2. The molecule has 0 unspecified atom stereocenters. The van der Waals surface area contributed by atoms with Crippen molar-refractivity contribution in [1.29, 1.82) is 0 Å². The van der Waals surface area contributed by atoms with E-state index in [0.717, 1.165) is 24.2 Å². The molecule has 0 radical (unpaired) electrons. The van der Waals surface area contributed by atoms with Gasteiger partial charge in [-0.3, -0.25) is 4.79 Å². The molecule has 0 bridgehead atoms. The van der Waals surface area contributed by atoms with Gasteiger partial charge in [-0.05, 0) is 49.6 Å². The monoisotopic (exact) mass is 362 g/mol. The number of carbonyl (C=O) groups is 1. The Morgan fingerprint density at radius 1 is 1.26 bits per heavy atom. The number of nitrogens with zero attached hydrogens (tertiary/aromatic N) is 2. The highest BCUT2D eigenvalue weighted by Crippen LogP contribution is 2.36. The van der Waals surface area contributed by atoms with Gasteiger partial charge >= 0.3 is 0 Å². The van der Waals surface area contributed by atoms with Gasteiger partial charge in [-0.2, -0.15) is 5.10 Å². The standard InChI is InChI=1S/C22H26N4O/c1-2-11-22(12-4-13-24-15-22)17-7-9-18(10-8-17)26-14-16-5-3-6-19(21(23)27)20(16)25-26/h3,5-10,14,24H,2,4,11-13,15H2,1H3,(H2,23,27)/t22-/m0/s1. The number of hydrogen-bond donors (Lipinski definition) is 2. The number of primary amides is 1. The summed E-state index contributed by atoms with van der Waals surface area (Å²) in [5.41, 5.74) is 9.20. The summed E-state index contributed by atoms with van der Waals surface area (Å²) in [6, 6.07) is 14.2. The molecule has 2 aromatic carbocycles. The third-order valence-electron chi connectivity index (χ3n) is 5.75. The first-order chi connectivity index (χ1) is 13.1. The Balaban J connectivity index is 1.69. The summed E-state index contributed by atoms with van der Waals surface area (Å²) in [7, 11) is 0. The molecule has 5 heteroatoms. The molecule has 1 aliphatic heterocycles. The lowest BCUT2D eigenvalue weighted by molar-refractivity contribution is 0.100. The molecule has 4 rings (SSSR count). The number of piperidine rings is 1. The van der Waals surface area contributed by atoms with Gasteiger partial charge in [-0.1, -0.05) is 37.6 Å². The SMILES string of the molecule is CCC[C@]1(c2ccc(-n3cc4cccc(C(N)=O)c4n3)cc2)CCCNC1. The molecule has 1 aliphatic rings. The largest absolute Gasteiger partial charge is 0.366 e. The Morgan fingerprint density at radius 2 is 2.07 bits per heavy atom. The topological polar surface area (TPSA) is 72.9 Å². The lowest BCUT2D eigenvalue weighted by atomic mass is 9.72. The van der Waals surface area contributed by atoms with Crippen molar-refractivity contribution in [2.45, 2.75) is 38.0 Å². The third-order valence-corrected chi connectivity index (χ3v) is 5.75. The summed E-state index contributed by atoms with van der Waals surface area (Å²) in [5.74, 6) is -0.451. The minimum Gasteiger partial charge on any atom is -0.366 e. The third kappa shape index (κ3) is 3.23. The number of hydrogen-bond acceptors (Lipinski definition) is 3. The van der Waals surface area contributed by atoms with Crippen LogP contribution in [0.2, 0.25) is 0 Å². The molecule has 140 valence electrons. The van der Waals surface area contributed by atoms with E-state index < -0.39 is 5.91 Å². The number of fused-ring (bicyclic) bond motifs is 1. The Labute approximate surface area is 159 Å². The fraction of sp³-hybridized carbons (Fsp3) is 0.364. The summed E-state index contributed by atoms with van der Waals surface area (Å²) in [5, 5.41) is 9.09. The predicted octanol–water partition coefficient (Wildman–Crippen LogP) is 3.55. The molecule has 3 N–H and O–H groups in total. The first kappa shape index (κ1) is 17.7. The summed E-state index contributed by atoms with van der Waals surface area (Å²) in [6.07, 6.45) is 6.79. The highest BCUT2D eigenvalue weighted by molar-refractivity contribution is 6.04. The van der Waals surface area contributed by atoms with Gasteiger partial charge in [0.25, 0.3) is 5.91 Å². The van der Waals surface area contributed by atoms with Crippen molar-refractivity contribution >= 4 is 16.8 Å². The van der Waals surface area contributed by atoms with Gasteiger partial charge in [0.1, 0.15) is 5.52 Å². The Morgan fingerprint density at radius 3 is 2.74 bits per heavy atom. The second-order valence-corrected chi connectivity index (χ2v) is 7.54. The van der Waals surface area contributed by atoms with Crippen LogP contribution in [0.1, 0.15) is 48.5 Å². The highest BCUT2D eigenvalue weighted by Gasteiger charge is 2.32. The maximum atomic E-state index is 11.6. The zero-order valence-electron chi connectivity index (χ0n) is 15.7. The summed E-state index contributed by atoms with van der Waals surface area (Å²) in [4.78, 5) is 11.6. The van der Waals surface area contributed by atoms with E-state index in [4.69, 9.17) is 5.73 Å². The normalized spacial score (nSPS) is 20.0. The Bertz CT molecular complexity index is 947. The van der Waals surface area contributed by atoms with Gasteiger partial charge in [0.15, 0.2) is 0 Å². The van der Waals surface area contributed by atoms with Gasteiger partial charge in [-0.25, -0.2) is 4.68 Å². The average molecular weight is 362 g/mol. The van der Waals surface area contributed by atoms with E-state index in [9.17, 15) is 4.79 Å². The number of nitrogens with two attached hydrogens (primary N) is 1. The van der Waals surface area contributed by atoms with Crippen LogP contribution in [0.3, 0.4) is 0 Å². The number of benzene rings is 2. The van der Waals surface area contributed by atoms with Crippen LogP contribution in [0.5, 0.6) is 0 Å². The number of rotatable bonds is 5. The lowest BCUT2D eigenvalue weighted by Crippen LogP contribution is -2.43. The first-order valence-electron chi connectivity index (χ1n) is 9.73. The average Bonchev–Trinajstić information content (AvgIpc) is 3.13. The minimum atomic E-state index is -0.451. The molecular formula is C22H26N4O. The first-order valence-corrected chi connectivity index (χ1v) is 9.73. The fourth-order valence-electron chi connectivity index (χ4n) is 4.39. The predicted molar refractivity (Wildman–Crippen MR) is 108 cm³/mol. The molecule has 1 amide bonds. The highest BCUT2D eigenvalue weighted by atomic mass is 16.1. The van der Waals surface area contributed by atoms with E-state index >= 15 is 0 Å². The van der Waals surface area contributed by atoms with Crippen LogP contribution in [0.25, 0.3) is 16.6 Å². The summed E-state index contributed by atoms with van der Waals surface area (Å²) >= 11 is 0. The molecular weight excluding hydrogens is 336 g/mol. The molecule has 3 aromatic rings. The van der Waals surface area contributed by atoms with E-state index in [1.54, 1.807) is 6.07 Å². The van der Waals surface area contributed by atoms with E-state index in [1.165, 1.54) is 31.2 Å². The maximum Gasteiger partial charge on any atom is 0.250 e. The number of carbonyl (C=O) groups excluding carboxylic acids is 1. The molecule has 1 atom stereocenters. The van der Waals surface area contributed by atoms with Gasteiger partial charge < -0.3 is 11.1 Å². The van der Waals surface area contributed by atoms with Crippen LogP contribution in [0.15, 0.2) is 48.7 Å². The maximum absolute atomic E-state index is 11.6. The van der Waals surface area contributed by atoms with Crippen LogP contribution in [0, 0.1) is 0 Å². The van der Waals surface area contributed by atoms with Gasteiger partial charge in [0.05, 0.1) is 11.3 Å². The van der Waals surface area contributed by atoms with Crippen molar-refractivity contribution in [2.24, 2.45) is 5.73 Å². The van der Waals surface area contributed by atoms with Gasteiger partial charge in [-0.15, -0.1) is 0 Å². The van der Waals surface area contributed by atoms with Crippen molar-refractivity contribution < 1.29 is 4.79 Å². The summed E-state index contributed by atoms with van der Waals surface area (Å²) < 4.78 is 1.83. The van der Waals surface area contributed by atoms with Crippen LogP contribution in [-0.4, -0.2) is 28.8 Å². The molecule has 0 aliphatic carbocycles. The van der Waals surface area contributed by atoms with Crippen molar-refractivity contribution in [1.82, 2.24) is 15.1 Å². The van der Waals surface area contributed by atoms with E-state index in [0.29, 0.717) is 11.1 Å². The molecule has 2 heterocycles.